The summed E-state index contributed by atoms with van der Waals surface area (Å²) in [5.74, 6) is 0.196. The summed E-state index contributed by atoms with van der Waals surface area (Å²) in [7, 11) is 0. The van der Waals surface area contributed by atoms with Crippen molar-refractivity contribution in [3.63, 3.8) is 0 Å². The van der Waals surface area contributed by atoms with Gasteiger partial charge in [0.05, 0.1) is 18.1 Å². The fraction of sp³-hybridized carbons (Fsp3) is 0.600. The highest BCUT2D eigenvalue weighted by molar-refractivity contribution is 8.00. The molecular formula is C15H22N4O4S. The summed E-state index contributed by atoms with van der Waals surface area (Å²) >= 11 is 1.25. The van der Waals surface area contributed by atoms with Gasteiger partial charge < -0.3 is 10.6 Å². The van der Waals surface area contributed by atoms with Crippen LogP contribution in [0.15, 0.2) is 21.7 Å². The van der Waals surface area contributed by atoms with Gasteiger partial charge in [0.1, 0.15) is 0 Å². The van der Waals surface area contributed by atoms with Gasteiger partial charge in [-0.15, -0.1) is 11.8 Å². The van der Waals surface area contributed by atoms with Gasteiger partial charge in [0.2, 0.25) is 11.8 Å². The molecule has 2 rings (SSSR count). The Morgan fingerprint density at radius 1 is 1.17 bits per heavy atom. The maximum atomic E-state index is 11.7. The third-order valence-electron chi connectivity index (χ3n) is 3.73. The summed E-state index contributed by atoms with van der Waals surface area (Å²) < 4.78 is 1.14. The molecule has 1 saturated carbocycles. The summed E-state index contributed by atoms with van der Waals surface area (Å²) in [6, 6.07) is 2.63. The summed E-state index contributed by atoms with van der Waals surface area (Å²) in [6.07, 6.45) is 4.40. The van der Waals surface area contributed by atoms with Gasteiger partial charge in [0.25, 0.3) is 11.1 Å². The van der Waals surface area contributed by atoms with Crippen molar-refractivity contribution >= 4 is 23.6 Å². The van der Waals surface area contributed by atoms with Crippen LogP contribution in [-0.4, -0.2) is 45.7 Å². The number of H-pyrrole nitrogens is 1. The van der Waals surface area contributed by atoms with Gasteiger partial charge in [0, 0.05) is 24.7 Å². The summed E-state index contributed by atoms with van der Waals surface area (Å²) in [5, 5.41) is 8.00. The minimum Gasteiger partial charge on any atom is -0.354 e. The molecule has 1 aromatic rings. The van der Waals surface area contributed by atoms with Crippen LogP contribution in [0.1, 0.15) is 25.7 Å². The average molecular weight is 354 g/mol. The normalized spacial score (nSPS) is 14.5. The average Bonchev–Trinajstić information content (AvgIpc) is 3.03. The minimum absolute atomic E-state index is 0.0342. The van der Waals surface area contributed by atoms with Crippen LogP contribution in [0.3, 0.4) is 0 Å². The number of carbonyl (C=O) groups is 2. The Morgan fingerprint density at radius 3 is 2.62 bits per heavy atom. The van der Waals surface area contributed by atoms with Gasteiger partial charge in [-0.1, -0.05) is 12.8 Å². The standard InChI is InChI=1S/C15H22N4O4S/c20-12-5-6-15(23)19(18-12)8-7-16-13(21)9-24-10-14(22)17-11-3-1-2-4-11/h5-6,11H,1-4,7-10H2,(H,16,21)(H,17,22)(H,18,20). The lowest BCUT2D eigenvalue weighted by Gasteiger charge is -2.11. The zero-order valence-corrected chi connectivity index (χ0v) is 14.2. The Balaban J connectivity index is 1.59. The van der Waals surface area contributed by atoms with E-state index in [4.69, 9.17) is 0 Å². The second-order valence-electron chi connectivity index (χ2n) is 5.69. The Bertz CT molecular complexity index is 679. The lowest BCUT2D eigenvalue weighted by Crippen LogP contribution is -2.36. The van der Waals surface area contributed by atoms with Crippen LogP contribution in [0.5, 0.6) is 0 Å². The van der Waals surface area contributed by atoms with Gasteiger partial charge in [-0.2, -0.15) is 0 Å². The van der Waals surface area contributed by atoms with Crippen LogP contribution >= 0.6 is 11.8 Å². The van der Waals surface area contributed by atoms with Crippen molar-refractivity contribution in [1.82, 2.24) is 20.4 Å². The van der Waals surface area contributed by atoms with Crippen LogP contribution in [-0.2, 0) is 16.1 Å². The number of nitrogens with one attached hydrogen (secondary N) is 3. The van der Waals surface area contributed by atoms with E-state index in [2.05, 4.69) is 15.7 Å². The second kappa shape index (κ2) is 9.31. The second-order valence-corrected chi connectivity index (χ2v) is 6.68. The molecule has 24 heavy (non-hydrogen) atoms. The van der Waals surface area contributed by atoms with E-state index in [0.717, 1.165) is 36.4 Å². The molecule has 1 heterocycles. The molecule has 0 aliphatic heterocycles. The van der Waals surface area contributed by atoms with E-state index in [1.54, 1.807) is 0 Å². The maximum absolute atomic E-state index is 11.7. The van der Waals surface area contributed by atoms with E-state index in [-0.39, 0.29) is 47.5 Å². The Hall–Kier alpha value is -2.03. The van der Waals surface area contributed by atoms with Crippen LogP contribution in [0.25, 0.3) is 0 Å². The topological polar surface area (TPSA) is 113 Å². The molecular weight excluding hydrogens is 332 g/mol. The smallest absolute Gasteiger partial charge is 0.265 e. The van der Waals surface area contributed by atoms with Crippen molar-refractivity contribution in [2.45, 2.75) is 38.3 Å². The Labute approximate surface area is 143 Å². The number of hydrogen-bond donors (Lipinski definition) is 3. The molecule has 0 aromatic carbocycles. The minimum atomic E-state index is -0.371. The third kappa shape index (κ3) is 6.23. The fourth-order valence-corrected chi connectivity index (χ4v) is 3.22. The molecule has 1 aromatic heterocycles. The number of amides is 2. The molecule has 0 atom stereocenters. The molecule has 3 N–H and O–H groups in total. The molecule has 0 spiro atoms. The molecule has 0 radical (unpaired) electrons. The number of rotatable bonds is 8. The number of aromatic nitrogens is 2. The largest absolute Gasteiger partial charge is 0.354 e. The molecule has 0 saturated heterocycles. The Kier molecular flexibility index (Phi) is 7.10. The van der Waals surface area contributed by atoms with Crippen molar-refractivity contribution in [2.24, 2.45) is 0 Å². The Morgan fingerprint density at radius 2 is 1.88 bits per heavy atom. The summed E-state index contributed by atoms with van der Waals surface area (Å²) in [5.41, 5.74) is -0.702. The van der Waals surface area contributed by atoms with Crippen molar-refractivity contribution in [1.29, 1.82) is 0 Å². The van der Waals surface area contributed by atoms with Crippen LogP contribution in [0, 0.1) is 0 Å². The van der Waals surface area contributed by atoms with E-state index in [0.29, 0.717) is 6.04 Å². The van der Waals surface area contributed by atoms with Crippen molar-refractivity contribution in [2.75, 3.05) is 18.1 Å². The molecule has 0 bridgehead atoms. The maximum Gasteiger partial charge on any atom is 0.265 e. The van der Waals surface area contributed by atoms with Crippen molar-refractivity contribution < 1.29 is 9.59 Å². The molecule has 8 nitrogen and oxygen atoms in total. The highest BCUT2D eigenvalue weighted by atomic mass is 32.2. The first-order valence-electron chi connectivity index (χ1n) is 7.98. The lowest BCUT2D eigenvalue weighted by atomic mass is 10.2. The monoisotopic (exact) mass is 354 g/mol. The molecule has 0 unspecified atom stereocenters. The van der Waals surface area contributed by atoms with E-state index in [1.807, 2.05) is 0 Å². The summed E-state index contributed by atoms with van der Waals surface area (Å²) in [4.78, 5) is 46.0. The van der Waals surface area contributed by atoms with E-state index in [9.17, 15) is 19.2 Å². The van der Waals surface area contributed by atoms with Gasteiger partial charge in [-0.05, 0) is 12.8 Å². The predicted octanol–water partition coefficient (Wildman–Crippen LogP) is -0.555. The van der Waals surface area contributed by atoms with Crippen molar-refractivity contribution in [3.05, 3.63) is 32.8 Å². The molecule has 1 aliphatic rings. The first-order valence-corrected chi connectivity index (χ1v) is 9.14. The van der Waals surface area contributed by atoms with E-state index >= 15 is 0 Å². The fourth-order valence-electron chi connectivity index (χ4n) is 2.56. The quantitative estimate of drug-likeness (QED) is 0.579. The van der Waals surface area contributed by atoms with Gasteiger partial charge in [-0.3, -0.25) is 24.3 Å². The first-order chi connectivity index (χ1) is 11.5. The number of thioether (sulfide) groups is 1. The molecule has 9 heteroatoms. The van der Waals surface area contributed by atoms with Gasteiger partial charge >= 0.3 is 0 Å². The van der Waals surface area contributed by atoms with E-state index in [1.165, 1.54) is 17.8 Å². The number of hydrogen-bond acceptors (Lipinski definition) is 5. The van der Waals surface area contributed by atoms with Crippen LogP contribution in [0.4, 0.5) is 0 Å². The van der Waals surface area contributed by atoms with Gasteiger partial charge in [-0.25, -0.2) is 4.68 Å². The highest BCUT2D eigenvalue weighted by Crippen LogP contribution is 2.17. The molecule has 2 amide bonds. The highest BCUT2D eigenvalue weighted by Gasteiger charge is 2.17. The summed E-state index contributed by atoms with van der Waals surface area (Å²) in [6.45, 7) is 0.418. The zero-order chi connectivity index (χ0) is 17.4. The van der Waals surface area contributed by atoms with Gasteiger partial charge in [0.15, 0.2) is 0 Å². The van der Waals surface area contributed by atoms with E-state index < -0.39 is 0 Å². The predicted molar refractivity (Wildman–Crippen MR) is 92.1 cm³/mol. The first kappa shape index (κ1) is 18.3. The van der Waals surface area contributed by atoms with Crippen molar-refractivity contribution in [3.8, 4) is 0 Å². The molecule has 1 fully saturated rings. The van der Waals surface area contributed by atoms with Crippen LogP contribution < -0.4 is 21.8 Å². The molecule has 1 aliphatic carbocycles. The lowest BCUT2D eigenvalue weighted by molar-refractivity contribution is -0.119. The number of carbonyl (C=O) groups excluding carboxylic acids is 2. The zero-order valence-electron chi connectivity index (χ0n) is 13.4. The number of aromatic amines is 1. The number of nitrogens with zero attached hydrogens (tertiary/aromatic N) is 1. The third-order valence-corrected chi connectivity index (χ3v) is 4.67. The SMILES string of the molecule is O=C(CSCC(=O)NC1CCCC1)NCCn1[nH]c(=O)ccc1=O. The molecule has 132 valence electrons. The van der Waals surface area contributed by atoms with Crippen LogP contribution in [0.2, 0.25) is 0 Å².